The van der Waals surface area contributed by atoms with E-state index in [1.807, 2.05) is 0 Å². The van der Waals surface area contributed by atoms with E-state index >= 15 is 0 Å². The van der Waals surface area contributed by atoms with Crippen LogP contribution in [0, 0.1) is 5.92 Å². The Hall–Kier alpha value is -1.10. The van der Waals surface area contributed by atoms with Crippen LogP contribution in [-0.4, -0.2) is 30.1 Å². The molecule has 4 N–H and O–H groups in total. The largest absolute Gasteiger partial charge is 0.481 e. The van der Waals surface area contributed by atoms with Gasteiger partial charge in [-0.3, -0.25) is 9.59 Å². The molecule has 0 aliphatic rings. The fourth-order valence-corrected chi connectivity index (χ4v) is 0.574. The van der Waals surface area contributed by atoms with Gasteiger partial charge in [-0.25, -0.2) is 0 Å². The third-order valence-electron chi connectivity index (χ3n) is 1.40. The Bertz CT molecular complexity index is 170. The van der Waals surface area contributed by atoms with E-state index in [-0.39, 0.29) is 25.4 Å². The number of amides is 1. The predicted octanol–water partition coefficient (Wildman–Crippen LogP) is -0.828. The van der Waals surface area contributed by atoms with Crippen molar-refractivity contribution in [2.75, 3.05) is 13.1 Å². The molecule has 1 atom stereocenters. The Morgan fingerprint density at radius 2 is 2.17 bits per heavy atom. The van der Waals surface area contributed by atoms with Gasteiger partial charge < -0.3 is 16.2 Å². The zero-order valence-corrected chi connectivity index (χ0v) is 7.04. The molecule has 1 amide bonds. The van der Waals surface area contributed by atoms with Crippen molar-refractivity contribution in [3.05, 3.63) is 0 Å². The molecule has 0 fully saturated rings. The Labute approximate surface area is 70.9 Å². The third-order valence-corrected chi connectivity index (χ3v) is 1.40. The van der Waals surface area contributed by atoms with Gasteiger partial charge in [0.25, 0.3) is 0 Å². The first kappa shape index (κ1) is 10.9. The molecule has 0 saturated carbocycles. The predicted molar refractivity (Wildman–Crippen MR) is 43.5 cm³/mol. The van der Waals surface area contributed by atoms with Gasteiger partial charge in [-0.05, 0) is 0 Å². The van der Waals surface area contributed by atoms with Gasteiger partial charge in [-0.1, -0.05) is 6.92 Å². The standard InChI is InChI=1S/C7H14N2O3/c1-5(7(11)12)4-9-6(10)2-3-8/h5H,2-4,8H2,1H3,(H,9,10)(H,11,12). The number of rotatable bonds is 5. The highest BCUT2D eigenvalue weighted by Crippen LogP contribution is 1.91. The minimum atomic E-state index is -0.914. The summed E-state index contributed by atoms with van der Waals surface area (Å²) in [4.78, 5) is 21.1. The van der Waals surface area contributed by atoms with E-state index < -0.39 is 11.9 Å². The zero-order valence-electron chi connectivity index (χ0n) is 7.04. The molecule has 0 aromatic rings. The molecule has 0 aromatic carbocycles. The molecule has 12 heavy (non-hydrogen) atoms. The van der Waals surface area contributed by atoms with Crippen LogP contribution in [0.5, 0.6) is 0 Å². The van der Waals surface area contributed by atoms with Crippen LogP contribution in [0.25, 0.3) is 0 Å². The average Bonchev–Trinajstić information content (AvgIpc) is 2.00. The molecule has 5 heteroatoms. The van der Waals surface area contributed by atoms with Crippen molar-refractivity contribution < 1.29 is 14.7 Å². The lowest BCUT2D eigenvalue weighted by Crippen LogP contribution is -2.32. The van der Waals surface area contributed by atoms with Gasteiger partial charge in [0.2, 0.25) is 5.91 Å². The molecule has 0 radical (unpaired) electrons. The quantitative estimate of drug-likeness (QED) is 0.507. The molecular formula is C7H14N2O3. The highest BCUT2D eigenvalue weighted by atomic mass is 16.4. The molecule has 0 saturated heterocycles. The normalized spacial score (nSPS) is 12.2. The number of aliphatic carboxylic acids is 1. The summed E-state index contributed by atoms with van der Waals surface area (Å²) in [5.74, 6) is -1.67. The van der Waals surface area contributed by atoms with Gasteiger partial charge in [-0.15, -0.1) is 0 Å². The maximum Gasteiger partial charge on any atom is 0.308 e. The SMILES string of the molecule is CC(CNC(=O)CCN)C(=O)O. The van der Waals surface area contributed by atoms with Gasteiger partial charge in [0.15, 0.2) is 0 Å². The molecule has 70 valence electrons. The van der Waals surface area contributed by atoms with E-state index in [9.17, 15) is 9.59 Å². The number of hydrogen-bond acceptors (Lipinski definition) is 3. The molecule has 0 aromatic heterocycles. The summed E-state index contributed by atoms with van der Waals surface area (Å²) in [6.07, 6.45) is 0.242. The lowest BCUT2D eigenvalue weighted by molar-refractivity contribution is -0.141. The average molecular weight is 174 g/mol. The maximum atomic E-state index is 10.8. The summed E-state index contributed by atoms with van der Waals surface area (Å²) in [5, 5.41) is 10.9. The summed E-state index contributed by atoms with van der Waals surface area (Å²) in [6, 6.07) is 0. The van der Waals surface area contributed by atoms with Crippen molar-refractivity contribution in [3.63, 3.8) is 0 Å². The lowest BCUT2D eigenvalue weighted by atomic mass is 10.2. The van der Waals surface area contributed by atoms with Crippen molar-refractivity contribution in [3.8, 4) is 0 Å². The van der Waals surface area contributed by atoms with Crippen LogP contribution >= 0.6 is 0 Å². The van der Waals surface area contributed by atoms with Crippen LogP contribution in [0.4, 0.5) is 0 Å². The molecule has 0 rings (SSSR count). The summed E-state index contributed by atoms with van der Waals surface area (Å²) >= 11 is 0. The Balaban J connectivity index is 3.54. The summed E-state index contributed by atoms with van der Waals surface area (Å²) in [7, 11) is 0. The number of carboxylic acids is 1. The van der Waals surface area contributed by atoms with Crippen molar-refractivity contribution >= 4 is 11.9 Å². The minimum Gasteiger partial charge on any atom is -0.481 e. The van der Waals surface area contributed by atoms with E-state index in [0.29, 0.717) is 0 Å². The number of nitrogens with one attached hydrogen (secondary N) is 1. The second-order valence-electron chi connectivity index (χ2n) is 2.58. The lowest BCUT2D eigenvalue weighted by Gasteiger charge is -2.07. The molecule has 0 bridgehead atoms. The van der Waals surface area contributed by atoms with Crippen molar-refractivity contribution in [2.24, 2.45) is 11.7 Å². The Morgan fingerprint density at radius 3 is 2.58 bits per heavy atom. The zero-order chi connectivity index (χ0) is 9.56. The number of carbonyl (C=O) groups is 2. The molecule has 1 unspecified atom stereocenters. The van der Waals surface area contributed by atoms with E-state index in [1.54, 1.807) is 0 Å². The molecular weight excluding hydrogens is 160 g/mol. The fourth-order valence-electron chi connectivity index (χ4n) is 0.574. The first-order valence-electron chi connectivity index (χ1n) is 3.77. The van der Waals surface area contributed by atoms with E-state index in [2.05, 4.69) is 5.32 Å². The topological polar surface area (TPSA) is 92.4 Å². The minimum absolute atomic E-state index is 0.161. The molecule has 5 nitrogen and oxygen atoms in total. The highest BCUT2D eigenvalue weighted by Gasteiger charge is 2.11. The van der Waals surface area contributed by atoms with E-state index in [1.165, 1.54) is 6.92 Å². The van der Waals surface area contributed by atoms with E-state index in [4.69, 9.17) is 10.8 Å². The summed E-state index contributed by atoms with van der Waals surface area (Å²) < 4.78 is 0. The highest BCUT2D eigenvalue weighted by molar-refractivity contribution is 5.77. The van der Waals surface area contributed by atoms with Crippen LogP contribution in [0.1, 0.15) is 13.3 Å². The molecule has 0 aliphatic heterocycles. The maximum absolute atomic E-state index is 10.8. The molecule has 0 heterocycles. The number of carbonyl (C=O) groups excluding carboxylic acids is 1. The summed E-state index contributed by atoms with van der Waals surface area (Å²) in [5.41, 5.74) is 5.12. The first-order valence-corrected chi connectivity index (χ1v) is 3.77. The van der Waals surface area contributed by atoms with Crippen LogP contribution in [-0.2, 0) is 9.59 Å². The summed E-state index contributed by atoms with van der Waals surface area (Å²) in [6.45, 7) is 1.98. The number of hydrogen-bond donors (Lipinski definition) is 3. The molecule has 0 spiro atoms. The van der Waals surface area contributed by atoms with Crippen LogP contribution in [0.2, 0.25) is 0 Å². The van der Waals surface area contributed by atoms with Crippen LogP contribution < -0.4 is 11.1 Å². The monoisotopic (exact) mass is 174 g/mol. The van der Waals surface area contributed by atoms with Gasteiger partial charge in [-0.2, -0.15) is 0 Å². The Kier molecular flexibility index (Phi) is 5.03. The van der Waals surface area contributed by atoms with Crippen molar-refractivity contribution in [2.45, 2.75) is 13.3 Å². The van der Waals surface area contributed by atoms with Gasteiger partial charge in [0.05, 0.1) is 5.92 Å². The fraction of sp³-hybridized carbons (Fsp3) is 0.714. The second kappa shape index (κ2) is 5.54. The Morgan fingerprint density at radius 1 is 1.58 bits per heavy atom. The van der Waals surface area contributed by atoms with Gasteiger partial charge >= 0.3 is 5.97 Å². The smallest absolute Gasteiger partial charge is 0.308 e. The third kappa shape index (κ3) is 4.68. The van der Waals surface area contributed by atoms with Crippen LogP contribution in [0.3, 0.4) is 0 Å². The van der Waals surface area contributed by atoms with Gasteiger partial charge in [0, 0.05) is 19.5 Å². The molecule has 0 aliphatic carbocycles. The van der Waals surface area contributed by atoms with Crippen molar-refractivity contribution in [1.29, 1.82) is 0 Å². The number of nitrogens with two attached hydrogens (primary N) is 1. The van der Waals surface area contributed by atoms with E-state index in [0.717, 1.165) is 0 Å². The van der Waals surface area contributed by atoms with Gasteiger partial charge in [0.1, 0.15) is 0 Å². The van der Waals surface area contributed by atoms with Crippen LogP contribution in [0.15, 0.2) is 0 Å². The number of carboxylic acid groups (broad SMARTS) is 1. The van der Waals surface area contributed by atoms with Crippen molar-refractivity contribution in [1.82, 2.24) is 5.32 Å². The second-order valence-corrected chi connectivity index (χ2v) is 2.58. The first-order chi connectivity index (χ1) is 5.57.